The van der Waals surface area contributed by atoms with E-state index in [1.807, 2.05) is 25.1 Å². The fourth-order valence-corrected chi connectivity index (χ4v) is 11.8. The molecule has 0 unspecified atom stereocenters. The summed E-state index contributed by atoms with van der Waals surface area (Å²) in [6.07, 6.45) is 11.1. The number of nitrogens with zero attached hydrogens (tertiary/aromatic N) is 3. The van der Waals surface area contributed by atoms with Gasteiger partial charge in [-0.3, -0.25) is 14.6 Å². The average Bonchev–Trinajstić information content (AvgIpc) is 3.28. The molecule has 2 aromatic rings. The number of rotatable bonds is 6. The summed E-state index contributed by atoms with van der Waals surface area (Å²) in [7, 11) is -3.96. The van der Waals surface area contributed by atoms with Crippen molar-refractivity contribution >= 4 is 33.2 Å². The Labute approximate surface area is 335 Å². The topological polar surface area (TPSA) is 91.4 Å². The third kappa shape index (κ3) is 8.23. The highest BCUT2D eigenvalue weighted by atomic mass is 35.5. The van der Waals surface area contributed by atoms with E-state index in [1.54, 1.807) is 13.0 Å². The lowest BCUT2D eigenvalue weighted by Crippen LogP contribution is -2.61. The molecule has 55 heavy (non-hydrogen) atoms. The largest absolute Gasteiger partial charge is 0.490 e. The summed E-state index contributed by atoms with van der Waals surface area (Å²) < 4.78 is 43.8. The van der Waals surface area contributed by atoms with Crippen LogP contribution in [0, 0.1) is 17.8 Å². The summed E-state index contributed by atoms with van der Waals surface area (Å²) in [4.78, 5) is 21.4. The van der Waals surface area contributed by atoms with Gasteiger partial charge in [-0.25, -0.2) is 13.1 Å². The minimum absolute atomic E-state index is 0.217. The number of fused-ring (bicyclic) bond motifs is 4. The Bertz CT molecular complexity index is 1850. The smallest absolute Gasteiger partial charge is 0.264 e. The molecule has 5 aliphatic rings. The quantitative estimate of drug-likeness (QED) is 0.302. The number of halogens is 1. The number of carbonyl (C=O) groups is 1. The van der Waals surface area contributed by atoms with Crippen LogP contribution in [0.15, 0.2) is 48.6 Å². The number of allylic oxidation sites excluding steroid dienone is 1. The molecule has 302 valence electrons. The molecule has 2 aliphatic carbocycles. The molecule has 1 saturated carbocycles. The van der Waals surface area contributed by atoms with Crippen LogP contribution in [-0.4, -0.2) is 99.5 Å². The number of hydrogen-bond donors (Lipinski definition) is 1. The van der Waals surface area contributed by atoms with Crippen LogP contribution in [0.25, 0.3) is 0 Å². The van der Waals surface area contributed by atoms with Gasteiger partial charge in [0.1, 0.15) is 11.4 Å². The zero-order valence-electron chi connectivity index (χ0n) is 33.9. The average molecular weight is 796 g/mol. The van der Waals surface area contributed by atoms with Crippen molar-refractivity contribution in [3.63, 3.8) is 0 Å². The Morgan fingerprint density at radius 3 is 2.62 bits per heavy atom. The number of piperazine rings is 1. The molecule has 1 amide bonds. The van der Waals surface area contributed by atoms with Gasteiger partial charge in [-0.05, 0) is 132 Å². The van der Waals surface area contributed by atoms with Crippen LogP contribution < -0.4 is 14.4 Å². The van der Waals surface area contributed by atoms with Crippen LogP contribution in [-0.2, 0) is 26.6 Å². The van der Waals surface area contributed by atoms with Gasteiger partial charge < -0.3 is 14.4 Å². The van der Waals surface area contributed by atoms with Gasteiger partial charge in [-0.15, -0.1) is 0 Å². The first kappa shape index (κ1) is 40.6. The fourth-order valence-electron chi connectivity index (χ4n) is 10.3. The van der Waals surface area contributed by atoms with E-state index in [0.717, 1.165) is 94.3 Å². The Hall–Kier alpha value is -2.63. The standard InChI is InChI=1S/C44H63ClN4O5S/c1-7-22-54-44(28-47-20-21-49(30(2)3)32(5)25-47)19-8-10-31(4)33(6)55(51,52)46-42(50)35-13-17-41-40(24-35)48(26-36-12-15-39(36)44)27-43(29-53-41)18-9-11-34-23-37(45)14-16-38(34)43/h8,13-14,16-17,19,23-24,30-33,36,39H,7,9-12,15,18,20-22,25-29H2,1-6H3,(H,46,50)/b19-8+/t31-,32+,33+,36-,39+,43-,44-/m0/s1. The molecule has 3 aliphatic heterocycles. The third-order valence-corrected chi connectivity index (χ3v) is 15.9. The second kappa shape index (κ2) is 16.3. The van der Waals surface area contributed by atoms with Gasteiger partial charge in [-0.1, -0.05) is 43.7 Å². The van der Waals surface area contributed by atoms with E-state index in [1.165, 1.54) is 11.1 Å². The summed E-state index contributed by atoms with van der Waals surface area (Å²) in [5, 5.41) is -0.0245. The van der Waals surface area contributed by atoms with E-state index in [4.69, 9.17) is 21.1 Å². The van der Waals surface area contributed by atoms with E-state index >= 15 is 0 Å². The highest BCUT2D eigenvalue weighted by Crippen LogP contribution is 2.49. The Kier molecular flexibility index (Phi) is 12.0. The lowest BCUT2D eigenvalue weighted by molar-refractivity contribution is -0.118. The van der Waals surface area contributed by atoms with E-state index in [9.17, 15) is 13.2 Å². The maximum Gasteiger partial charge on any atom is 0.264 e. The van der Waals surface area contributed by atoms with Crippen molar-refractivity contribution < 1.29 is 22.7 Å². The number of nitrogens with one attached hydrogen (secondary N) is 1. The SMILES string of the molecule is CCCO[C@]1(CN2CCN(C(C)C)[C@H](C)C2)/C=C/C[C@H](C)[C@@H](C)S(=O)(=O)NC(=O)c2ccc3c(c2)N(C[C@@H]2CC[C@H]21)C[C@@]1(CCCc2cc(Cl)ccc21)CO3. The van der Waals surface area contributed by atoms with Gasteiger partial charge in [0.2, 0.25) is 10.0 Å². The van der Waals surface area contributed by atoms with Crippen LogP contribution in [0.4, 0.5) is 5.69 Å². The molecule has 1 spiro atoms. The third-order valence-electron chi connectivity index (χ3n) is 13.7. The van der Waals surface area contributed by atoms with Crippen molar-refractivity contribution in [2.45, 2.75) is 115 Å². The monoisotopic (exact) mass is 794 g/mol. The number of benzene rings is 2. The molecule has 7 atom stereocenters. The number of anilines is 1. The summed E-state index contributed by atoms with van der Waals surface area (Å²) in [6, 6.07) is 12.7. The molecule has 2 aromatic carbocycles. The molecule has 1 saturated heterocycles. The molecule has 11 heteroatoms. The van der Waals surface area contributed by atoms with E-state index in [0.29, 0.717) is 43.2 Å². The van der Waals surface area contributed by atoms with Gasteiger partial charge in [0.25, 0.3) is 5.91 Å². The molecule has 2 fully saturated rings. The zero-order valence-corrected chi connectivity index (χ0v) is 35.4. The molecule has 0 aromatic heterocycles. The van der Waals surface area contributed by atoms with Gasteiger partial charge in [-0.2, -0.15) is 0 Å². The van der Waals surface area contributed by atoms with Crippen LogP contribution in [0.1, 0.15) is 102 Å². The van der Waals surface area contributed by atoms with Crippen molar-refractivity contribution in [3.8, 4) is 5.75 Å². The Balaban J connectivity index is 1.31. The highest BCUT2D eigenvalue weighted by Gasteiger charge is 2.50. The van der Waals surface area contributed by atoms with Gasteiger partial charge >= 0.3 is 0 Å². The summed E-state index contributed by atoms with van der Waals surface area (Å²) in [5.74, 6) is 0.508. The first-order valence-electron chi connectivity index (χ1n) is 20.9. The Morgan fingerprint density at radius 2 is 1.89 bits per heavy atom. The minimum Gasteiger partial charge on any atom is -0.490 e. The van der Waals surface area contributed by atoms with Crippen LogP contribution in [0.3, 0.4) is 0 Å². The number of hydrogen-bond acceptors (Lipinski definition) is 8. The molecule has 0 radical (unpaired) electrons. The van der Waals surface area contributed by atoms with Gasteiger partial charge in [0.15, 0.2) is 0 Å². The van der Waals surface area contributed by atoms with Crippen molar-refractivity contribution in [1.29, 1.82) is 0 Å². The van der Waals surface area contributed by atoms with Crippen LogP contribution in [0.5, 0.6) is 5.75 Å². The summed E-state index contributed by atoms with van der Waals surface area (Å²) >= 11 is 6.53. The van der Waals surface area contributed by atoms with Crippen molar-refractivity contribution in [2.24, 2.45) is 17.8 Å². The number of sulfonamides is 1. The first-order chi connectivity index (χ1) is 26.2. The lowest BCUT2D eigenvalue weighted by Gasteiger charge is -2.53. The normalized spacial score (nSPS) is 33.5. The molecular formula is C44H63ClN4O5S. The van der Waals surface area contributed by atoms with E-state index in [-0.39, 0.29) is 17.3 Å². The van der Waals surface area contributed by atoms with Gasteiger partial charge in [0, 0.05) is 74.0 Å². The van der Waals surface area contributed by atoms with Gasteiger partial charge in [0.05, 0.1) is 17.5 Å². The maximum atomic E-state index is 13.7. The summed E-state index contributed by atoms with van der Waals surface area (Å²) in [6.45, 7) is 19.2. The van der Waals surface area contributed by atoms with Crippen LogP contribution >= 0.6 is 11.6 Å². The maximum absolute atomic E-state index is 13.7. The van der Waals surface area contributed by atoms with Crippen molar-refractivity contribution in [1.82, 2.24) is 14.5 Å². The number of ether oxygens (including phenoxy) is 2. The van der Waals surface area contributed by atoms with Crippen molar-refractivity contribution in [2.75, 3.05) is 57.4 Å². The second-order valence-corrected chi connectivity index (χ2v) is 20.2. The molecular weight excluding hydrogens is 732 g/mol. The second-order valence-electron chi connectivity index (χ2n) is 17.7. The molecule has 3 heterocycles. The first-order valence-corrected chi connectivity index (χ1v) is 22.8. The van der Waals surface area contributed by atoms with E-state index in [2.05, 4.69) is 71.4 Å². The number of amides is 1. The Morgan fingerprint density at radius 1 is 1.07 bits per heavy atom. The molecule has 9 nitrogen and oxygen atoms in total. The number of aryl methyl sites for hydroxylation is 1. The summed E-state index contributed by atoms with van der Waals surface area (Å²) in [5.41, 5.74) is 2.94. The number of carbonyl (C=O) groups excluding carboxylic acids is 1. The van der Waals surface area contributed by atoms with Crippen LogP contribution in [0.2, 0.25) is 5.02 Å². The molecule has 7 rings (SSSR count). The molecule has 2 bridgehead atoms. The minimum atomic E-state index is -3.96. The van der Waals surface area contributed by atoms with Crippen molar-refractivity contribution in [3.05, 3.63) is 70.3 Å². The highest BCUT2D eigenvalue weighted by molar-refractivity contribution is 7.90. The fraction of sp³-hybridized carbons (Fsp3) is 0.659. The molecule has 1 N–H and O–H groups in total. The van der Waals surface area contributed by atoms with E-state index < -0.39 is 26.8 Å². The predicted molar refractivity (Wildman–Crippen MR) is 222 cm³/mol. The predicted octanol–water partition coefficient (Wildman–Crippen LogP) is 7.46. The zero-order chi connectivity index (χ0) is 39.1. The lowest BCUT2D eigenvalue weighted by atomic mass is 9.63.